The summed E-state index contributed by atoms with van der Waals surface area (Å²) in [5.74, 6) is 0.886. The molecule has 0 saturated heterocycles. The highest BCUT2D eigenvalue weighted by Gasteiger charge is 2.18. The number of hydrogen-bond donors (Lipinski definition) is 1. The summed E-state index contributed by atoms with van der Waals surface area (Å²) in [4.78, 5) is 12.3. The molecule has 3 rings (SSSR count). The van der Waals surface area contributed by atoms with Gasteiger partial charge in [0.05, 0.1) is 6.04 Å². The molecule has 3 heteroatoms. The fourth-order valence-corrected chi connectivity index (χ4v) is 2.92. The molecule has 0 aliphatic heterocycles. The zero-order valence-electron chi connectivity index (χ0n) is 14.6. The summed E-state index contributed by atoms with van der Waals surface area (Å²) in [6.45, 7) is 4.21. The number of ether oxygens (including phenoxy) is 1. The van der Waals surface area contributed by atoms with Crippen molar-refractivity contribution in [3.05, 3.63) is 78.4 Å². The third-order valence-corrected chi connectivity index (χ3v) is 4.23. The summed E-state index contributed by atoms with van der Waals surface area (Å²) in [6, 6.07) is 24.0. The molecule has 3 aromatic carbocycles. The molecule has 3 aromatic rings. The first kappa shape index (κ1) is 17.0. The highest BCUT2D eigenvalue weighted by molar-refractivity contribution is 5.84. The van der Waals surface area contributed by atoms with E-state index >= 15 is 0 Å². The van der Waals surface area contributed by atoms with Gasteiger partial charge >= 0.3 is 0 Å². The van der Waals surface area contributed by atoms with Crippen LogP contribution in [0.4, 0.5) is 0 Å². The normalized spacial score (nSPS) is 12.1. The Hall–Kier alpha value is -2.81. The number of fused-ring (bicyclic) bond motifs is 1. The van der Waals surface area contributed by atoms with Gasteiger partial charge in [0.2, 0.25) is 0 Å². The summed E-state index contributed by atoms with van der Waals surface area (Å²) in [6.07, 6.45) is 0. The van der Waals surface area contributed by atoms with E-state index in [1.165, 1.54) is 0 Å². The molecular weight excluding hydrogens is 310 g/mol. The first-order valence-corrected chi connectivity index (χ1v) is 8.59. The molecule has 1 unspecified atom stereocenters. The molecule has 3 nitrogen and oxygen atoms in total. The second kappa shape index (κ2) is 7.84. The van der Waals surface area contributed by atoms with Gasteiger partial charge < -0.3 is 10.1 Å². The monoisotopic (exact) mass is 333 g/mol. The minimum absolute atomic E-state index is 0.00833. The lowest BCUT2D eigenvalue weighted by atomic mass is 9.96. The first-order valence-electron chi connectivity index (χ1n) is 8.59. The second-order valence-electron chi connectivity index (χ2n) is 6.50. The Morgan fingerprint density at radius 3 is 2.32 bits per heavy atom. The molecule has 0 heterocycles. The van der Waals surface area contributed by atoms with Crippen LogP contribution in [0.1, 0.15) is 25.5 Å². The zero-order valence-corrected chi connectivity index (χ0v) is 14.6. The van der Waals surface area contributed by atoms with Crippen molar-refractivity contribution < 1.29 is 9.53 Å². The van der Waals surface area contributed by atoms with Crippen LogP contribution in [0.5, 0.6) is 5.75 Å². The maximum absolute atomic E-state index is 12.3. The van der Waals surface area contributed by atoms with Gasteiger partial charge in [-0.15, -0.1) is 0 Å². The minimum atomic E-state index is -0.115. The van der Waals surface area contributed by atoms with Gasteiger partial charge in [0.25, 0.3) is 5.91 Å². The van der Waals surface area contributed by atoms with E-state index in [2.05, 4.69) is 25.2 Å². The van der Waals surface area contributed by atoms with Crippen molar-refractivity contribution in [2.45, 2.75) is 19.9 Å². The Morgan fingerprint density at radius 1 is 0.920 bits per heavy atom. The largest absolute Gasteiger partial charge is 0.484 e. The van der Waals surface area contributed by atoms with Gasteiger partial charge in [-0.1, -0.05) is 74.5 Å². The van der Waals surface area contributed by atoms with Crippen LogP contribution in [0.3, 0.4) is 0 Å². The number of benzene rings is 3. The molecule has 0 fully saturated rings. The third kappa shape index (κ3) is 4.38. The van der Waals surface area contributed by atoms with Crippen LogP contribution >= 0.6 is 0 Å². The highest BCUT2D eigenvalue weighted by atomic mass is 16.5. The van der Waals surface area contributed by atoms with Crippen LogP contribution in [0.2, 0.25) is 0 Å². The summed E-state index contributed by atoms with van der Waals surface area (Å²) < 4.78 is 5.68. The fraction of sp³-hybridized carbons (Fsp3) is 0.227. The Kier molecular flexibility index (Phi) is 5.34. The fourth-order valence-electron chi connectivity index (χ4n) is 2.92. The van der Waals surface area contributed by atoms with E-state index in [-0.39, 0.29) is 18.6 Å². The SMILES string of the molecule is CC(C)C(NC(=O)COc1ccc2ccccc2c1)c1ccccc1. The summed E-state index contributed by atoms with van der Waals surface area (Å²) in [5, 5.41) is 5.33. The van der Waals surface area contributed by atoms with Crippen molar-refractivity contribution in [2.24, 2.45) is 5.92 Å². The Morgan fingerprint density at radius 2 is 1.60 bits per heavy atom. The lowest BCUT2D eigenvalue weighted by Crippen LogP contribution is -2.35. The number of carbonyl (C=O) groups excluding carboxylic acids is 1. The van der Waals surface area contributed by atoms with Crippen LogP contribution in [0, 0.1) is 5.92 Å². The molecule has 0 aliphatic carbocycles. The van der Waals surface area contributed by atoms with E-state index in [1.54, 1.807) is 0 Å². The van der Waals surface area contributed by atoms with E-state index in [9.17, 15) is 4.79 Å². The molecular formula is C22H23NO2. The van der Waals surface area contributed by atoms with Gasteiger partial charge in [0.1, 0.15) is 5.75 Å². The number of hydrogen-bond acceptors (Lipinski definition) is 2. The topological polar surface area (TPSA) is 38.3 Å². The average molecular weight is 333 g/mol. The Labute approximate surface area is 148 Å². The van der Waals surface area contributed by atoms with Gasteiger partial charge in [0, 0.05) is 0 Å². The Bertz CT molecular complexity index is 843. The molecule has 0 spiro atoms. The van der Waals surface area contributed by atoms with Crippen molar-refractivity contribution in [3.8, 4) is 5.75 Å². The average Bonchev–Trinajstić information content (AvgIpc) is 2.64. The van der Waals surface area contributed by atoms with Crippen LogP contribution in [0.15, 0.2) is 72.8 Å². The van der Waals surface area contributed by atoms with Crippen LogP contribution in [-0.2, 0) is 4.79 Å². The maximum Gasteiger partial charge on any atom is 0.258 e. The lowest BCUT2D eigenvalue weighted by Gasteiger charge is -2.23. The van der Waals surface area contributed by atoms with Gasteiger partial charge in [0.15, 0.2) is 6.61 Å². The van der Waals surface area contributed by atoms with Crippen molar-refractivity contribution in [2.75, 3.05) is 6.61 Å². The Balaban J connectivity index is 1.63. The highest BCUT2D eigenvalue weighted by Crippen LogP contribution is 2.22. The van der Waals surface area contributed by atoms with Crippen molar-refractivity contribution in [3.63, 3.8) is 0 Å². The molecule has 0 radical (unpaired) electrons. The quantitative estimate of drug-likeness (QED) is 0.708. The molecule has 0 aromatic heterocycles. The molecule has 128 valence electrons. The number of nitrogens with one attached hydrogen (secondary N) is 1. The van der Waals surface area contributed by atoms with Crippen LogP contribution < -0.4 is 10.1 Å². The first-order chi connectivity index (χ1) is 12.1. The minimum Gasteiger partial charge on any atom is -0.484 e. The number of carbonyl (C=O) groups is 1. The molecule has 0 saturated carbocycles. The smallest absolute Gasteiger partial charge is 0.258 e. The van der Waals surface area contributed by atoms with Gasteiger partial charge in [-0.2, -0.15) is 0 Å². The second-order valence-corrected chi connectivity index (χ2v) is 6.50. The molecule has 0 bridgehead atoms. The third-order valence-electron chi connectivity index (χ3n) is 4.23. The summed E-state index contributed by atoms with van der Waals surface area (Å²) in [7, 11) is 0. The van der Waals surface area contributed by atoms with E-state index in [0.717, 1.165) is 16.3 Å². The predicted octanol–water partition coefficient (Wildman–Crippen LogP) is 4.73. The summed E-state index contributed by atoms with van der Waals surface area (Å²) >= 11 is 0. The predicted molar refractivity (Wildman–Crippen MR) is 102 cm³/mol. The van der Waals surface area contributed by atoms with E-state index < -0.39 is 0 Å². The van der Waals surface area contributed by atoms with Crippen LogP contribution in [-0.4, -0.2) is 12.5 Å². The zero-order chi connectivity index (χ0) is 17.6. The van der Waals surface area contributed by atoms with Crippen LogP contribution in [0.25, 0.3) is 10.8 Å². The molecule has 1 amide bonds. The molecule has 25 heavy (non-hydrogen) atoms. The van der Waals surface area contributed by atoms with Gasteiger partial charge in [-0.05, 0) is 34.4 Å². The summed E-state index contributed by atoms with van der Waals surface area (Å²) in [5.41, 5.74) is 1.11. The van der Waals surface area contributed by atoms with E-state index in [1.807, 2.05) is 66.7 Å². The standard InChI is InChI=1S/C22H23NO2/c1-16(2)22(18-9-4-3-5-10-18)23-21(24)15-25-20-13-12-17-8-6-7-11-19(17)14-20/h3-14,16,22H,15H2,1-2H3,(H,23,24). The molecule has 1 N–H and O–H groups in total. The van der Waals surface area contributed by atoms with Crippen molar-refractivity contribution >= 4 is 16.7 Å². The van der Waals surface area contributed by atoms with Gasteiger partial charge in [-0.25, -0.2) is 0 Å². The van der Waals surface area contributed by atoms with Crippen molar-refractivity contribution in [1.82, 2.24) is 5.32 Å². The number of amides is 1. The number of rotatable bonds is 6. The van der Waals surface area contributed by atoms with Gasteiger partial charge in [-0.3, -0.25) is 4.79 Å². The molecule has 1 atom stereocenters. The lowest BCUT2D eigenvalue weighted by molar-refractivity contribution is -0.124. The maximum atomic E-state index is 12.3. The van der Waals surface area contributed by atoms with E-state index in [0.29, 0.717) is 11.7 Å². The van der Waals surface area contributed by atoms with E-state index in [4.69, 9.17) is 4.74 Å². The van der Waals surface area contributed by atoms with Crippen molar-refractivity contribution in [1.29, 1.82) is 0 Å². The molecule has 0 aliphatic rings.